The van der Waals surface area contributed by atoms with Crippen molar-refractivity contribution < 1.29 is 9.32 Å². The highest BCUT2D eigenvalue weighted by atomic mass is 35.5. The van der Waals surface area contributed by atoms with Crippen LogP contribution in [0, 0.1) is 6.92 Å². The zero-order valence-corrected chi connectivity index (χ0v) is 15.7. The maximum absolute atomic E-state index is 13.3. The highest BCUT2D eigenvalue weighted by molar-refractivity contribution is 6.30. The van der Waals surface area contributed by atoms with Gasteiger partial charge in [-0.05, 0) is 57.9 Å². The summed E-state index contributed by atoms with van der Waals surface area (Å²) in [4.78, 5) is 21.5. The minimum Gasteiger partial charge on any atom is -0.361 e. The molecule has 1 fully saturated rings. The molecule has 1 aliphatic heterocycles. The molecule has 1 aromatic carbocycles. The minimum atomic E-state index is -0.717. The molecule has 25 heavy (non-hydrogen) atoms. The normalized spacial score (nSPS) is 17.8. The van der Waals surface area contributed by atoms with Crippen molar-refractivity contribution in [1.82, 2.24) is 15.0 Å². The van der Waals surface area contributed by atoms with Gasteiger partial charge in [0.05, 0.1) is 0 Å². The Hall–Kier alpha value is -2.08. The van der Waals surface area contributed by atoms with Gasteiger partial charge in [0.2, 0.25) is 11.8 Å². The van der Waals surface area contributed by atoms with E-state index in [1.54, 1.807) is 6.92 Å². The largest absolute Gasteiger partial charge is 0.361 e. The Kier molecular flexibility index (Phi) is 4.73. The van der Waals surface area contributed by atoms with E-state index in [1.807, 2.05) is 55.0 Å². The summed E-state index contributed by atoms with van der Waals surface area (Å²) in [7, 11) is 1.92. The lowest BCUT2D eigenvalue weighted by atomic mass is 9.99. The number of hydrogen-bond acceptors (Lipinski definition) is 5. The third-order valence-corrected chi connectivity index (χ3v) is 5.17. The van der Waals surface area contributed by atoms with Gasteiger partial charge in [-0.3, -0.25) is 4.79 Å². The van der Waals surface area contributed by atoms with Crippen LogP contribution in [0.4, 0.5) is 5.69 Å². The Bertz CT molecular complexity index is 757. The molecule has 0 saturated carbocycles. The van der Waals surface area contributed by atoms with Gasteiger partial charge in [-0.25, -0.2) is 0 Å². The number of benzene rings is 1. The van der Waals surface area contributed by atoms with E-state index in [2.05, 4.69) is 10.1 Å². The number of carbonyl (C=O) groups excluding carboxylic acids is 1. The van der Waals surface area contributed by atoms with Crippen LogP contribution in [-0.2, 0) is 4.79 Å². The number of carbonyl (C=O) groups is 1. The smallest absolute Gasteiger partial charge is 0.249 e. The fourth-order valence-corrected chi connectivity index (χ4v) is 3.32. The molecule has 7 heteroatoms. The molecule has 1 atom stereocenters. The number of halogens is 1. The highest BCUT2D eigenvalue weighted by Gasteiger charge is 2.42. The number of nitrogens with zero attached hydrogens (tertiary/aromatic N) is 4. The second-order valence-corrected chi connectivity index (χ2v) is 7.37. The molecule has 2 aromatic rings. The quantitative estimate of drug-likeness (QED) is 0.831. The van der Waals surface area contributed by atoms with E-state index < -0.39 is 5.54 Å². The van der Waals surface area contributed by atoms with Gasteiger partial charge >= 0.3 is 0 Å². The SMILES string of the molecule is Cc1noc(C2CCCN2C(=O)C(C)(C)N(C)c2ccc(Cl)cc2)n1. The second-order valence-electron chi connectivity index (χ2n) is 6.93. The monoisotopic (exact) mass is 362 g/mol. The molecule has 0 bridgehead atoms. The van der Waals surface area contributed by atoms with E-state index in [9.17, 15) is 4.79 Å². The predicted molar refractivity (Wildman–Crippen MR) is 96.7 cm³/mol. The third-order valence-electron chi connectivity index (χ3n) is 4.92. The molecule has 0 radical (unpaired) electrons. The van der Waals surface area contributed by atoms with E-state index in [-0.39, 0.29) is 11.9 Å². The van der Waals surface area contributed by atoms with Crippen molar-refractivity contribution in [2.75, 3.05) is 18.5 Å². The zero-order valence-electron chi connectivity index (χ0n) is 15.0. The highest BCUT2D eigenvalue weighted by Crippen LogP contribution is 2.35. The van der Waals surface area contributed by atoms with Crippen molar-refractivity contribution in [3.8, 4) is 0 Å². The summed E-state index contributed by atoms with van der Waals surface area (Å²) in [6.45, 7) is 6.34. The molecule has 1 amide bonds. The van der Waals surface area contributed by atoms with Crippen LogP contribution in [0.2, 0.25) is 5.02 Å². The first-order valence-electron chi connectivity index (χ1n) is 8.41. The van der Waals surface area contributed by atoms with Gasteiger partial charge < -0.3 is 14.3 Å². The fourth-order valence-electron chi connectivity index (χ4n) is 3.20. The number of rotatable bonds is 4. The Morgan fingerprint density at radius 2 is 2.04 bits per heavy atom. The van der Waals surface area contributed by atoms with Gasteiger partial charge in [0.1, 0.15) is 11.6 Å². The lowest BCUT2D eigenvalue weighted by Gasteiger charge is -2.39. The number of anilines is 1. The van der Waals surface area contributed by atoms with E-state index >= 15 is 0 Å². The minimum absolute atomic E-state index is 0.0447. The van der Waals surface area contributed by atoms with Crippen molar-refractivity contribution in [1.29, 1.82) is 0 Å². The maximum Gasteiger partial charge on any atom is 0.249 e. The standard InChI is InChI=1S/C18H23ClN4O2/c1-12-20-16(25-21-12)15-6-5-11-23(15)17(24)18(2,3)22(4)14-9-7-13(19)8-10-14/h7-10,15H,5-6,11H2,1-4H3. The lowest BCUT2D eigenvalue weighted by Crippen LogP contribution is -2.54. The summed E-state index contributed by atoms with van der Waals surface area (Å²) < 4.78 is 5.32. The Labute approximate surface area is 152 Å². The van der Waals surface area contributed by atoms with E-state index in [4.69, 9.17) is 16.1 Å². The third kappa shape index (κ3) is 3.35. The van der Waals surface area contributed by atoms with E-state index in [0.717, 1.165) is 18.5 Å². The van der Waals surface area contributed by atoms with Crippen LogP contribution in [0.1, 0.15) is 44.4 Å². The summed E-state index contributed by atoms with van der Waals surface area (Å²) in [6, 6.07) is 7.34. The van der Waals surface area contributed by atoms with Crippen LogP contribution in [0.15, 0.2) is 28.8 Å². The van der Waals surface area contributed by atoms with Crippen LogP contribution < -0.4 is 4.90 Å². The summed E-state index contributed by atoms with van der Waals surface area (Å²) in [5.74, 6) is 1.16. The first-order valence-corrected chi connectivity index (χ1v) is 8.79. The molecule has 6 nitrogen and oxygen atoms in total. The second kappa shape index (κ2) is 6.67. The number of amides is 1. The molecule has 0 aliphatic carbocycles. The van der Waals surface area contributed by atoms with Gasteiger partial charge in [-0.2, -0.15) is 4.98 Å². The first-order chi connectivity index (χ1) is 11.8. The number of aromatic nitrogens is 2. The molecule has 1 aliphatic rings. The summed E-state index contributed by atoms with van der Waals surface area (Å²) in [6.07, 6.45) is 1.77. The Balaban J connectivity index is 1.83. The van der Waals surface area contributed by atoms with Gasteiger partial charge in [0.15, 0.2) is 5.82 Å². The van der Waals surface area contributed by atoms with Crippen LogP contribution in [0.3, 0.4) is 0 Å². The van der Waals surface area contributed by atoms with Crippen LogP contribution in [0.25, 0.3) is 0 Å². The summed E-state index contributed by atoms with van der Waals surface area (Å²) in [5.41, 5.74) is 0.220. The number of aryl methyl sites for hydroxylation is 1. The van der Waals surface area contributed by atoms with E-state index in [1.165, 1.54) is 0 Å². The average Bonchev–Trinajstić information content (AvgIpc) is 3.22. The Morgan fingerprint density at radius 1 is 1.36 bits per heavy atom. The molecule has 0 spiro atoms. The summed E-state index contributed by atoms with van der Waals surface area (Å²) in [5, 5.41) is 4.53. The van der Waals surface area contributed by atoms with Gasteiger partial charge in [-0.1, -0.05) is 16.8 Å². The number of hydrogen-bond donors (Lipinski definition) is 0. The molecule has 0 N–H and O–H groups in total. The molecule has 1 saturated heterocycles. The maximum atomic E-state index is 13.3. The topological polar surface area (TPSA) is 62.5 Å². The molecule has 1 aromatic heterocycles. The van der Waals surface area contributed by atoms with Gasteiger partial charge in [0, 0.05) is 24.3 Å². The van der Waals surface area contributed by atoms with E-state index in [0.29, 0.717) is 23.3 Å². The molecular formula is C18H23ClN4O2. The van der Waals surface area contributed by atoms with Crippen molar-refractivity contribution in [3.05, 3.63) is 41.0 Å². The molecule has 2 heterocycles. The van der Waals surface area contributed by atoms with Crippen LogP contribution in [0.5, 0.6) is 0 Å². The van der Waals surface area contributed by atoms with Crippen molar-refractivity contribution in [2.45, 2.75) is 45.2 Å². The number of likely N-dealkylation sites (N-methyl/N-ethyl adjacent to an activating group) is 1. The van der Waals surface area contributed by atoms with Crippen molar-refractivity contribution >= 4 is 23.2 Å². The molecule has 134 valence electrons. The molecule has 1 unspecified atom stereocenters. The predicted octanol–water partition coefficient (Wildman–Crippen LogP) is 3.61. The van der Waals surface area contributed by atoms with Crippen LogP contribution >= 0.6 is 11.6 Å². The van der Waals surface area contributed by atoms with Gasteiger partial charge in [0.25, 0.3) is 0 Å². The van der Waals surface area contributed by atoms with Crippen LogP contribution in [-0.4, -0.2) is 40.1 Å². The average molecular weight is 363 g/mol. The first kappa shape index (κ1) is 17.7. The summed E-state index contributed by atoms with van der Waals surface area (Å²) >= 11 is 5.97. The lowest BCUT2D eigenvalue weighted by molar-refractivity contribution is -0.137. The molecular weight excluding hydrogens is 340 g/mol. The molecule has 3 rings (SSSR count). The van der Waals surface area contributed by atoms with Gasteiger partial charge in [-0.15, -0.1) is 0 Å². The Morgan fingerprint density at radius 3 is 2.64 bits per heavy atom. The fraction of sp³-hybridized carbons (Fsp3) is 0.500. The zero-order chi connectivity index (χ0) is 18.2. The number of likely N-dealkylation sites (tertiary alicyclic amines) is 1. The van der Waals surface area contributed by atoms with Crippen molar-refractivity contribution in [3.63, 3.8) is 0 Å². The van der Waals surface area contributed by atoms with Crippen molar-refractivity contribution in [2.24, 2.45) is 0 Å².